The van der Waals surface area contributed by atoms with Crippen LogP contribution >= 0.6 is 11.6 Å². The highest BCUT2D eigenvalue weighted by Crippen LogP contribution is 2.54. The number of benzene rings is 2. The van der Waals surface area contributed by atoms with Crippen LogP contribution in [-0.4, -0.2) is 50.6 Å². The molecule has 0 amide bonds. The van der Waals surface area contributed by atoms with Crippen molar-refractivity contribution >= 4 is 17.3 Å². The van der Waals surface area contributed by atoms with Crippen LogP contribution < -0.4 is 4.90 Å². The van der Waals surface area contributed by atoms with Crippen LogP contribution in [0, 0.1) is 5.92 Å². The standard InChI is InChI=1S/C28H29ClF3N3O4/c1-14(39-4)34-19-11-10-15(29)12-18(19)27(2,3)20(34)13-17-23(36)21(24(17)37)22-25(28(30,31)32)33-35(26(22)38)16-8-6-5-7-9-16/h5-14,17,21,23-24,36-38H,1-4H3/b20-13+. The highest BCUT2D eigenvalue weighted by molar-refractivity contribution is 6.30. The summed E-state index contributed by atoms with van der Waals surface area (Å²) in [6.07, 6.45) is -6.50. The SMILES string of the molecule is COC(C)N1/C(=C/C2C(O)C(c3c(C(F)(F)F)nn(-c4ccccc4)c3O)C2O)C(C)(C)c2cc(Cl)ccc21. The van der Waals surface area contributed by atoms with Crippen LogP contribution in [0.5, 0.6) is 5.88 Å². The van der Waals surface area contributed by atoms with Crippen LogP contribution in [0.1, 0.15) is 43.5 Å². The summed E-state index contributed by atoms with van der Waals surface area (Å²) in [5.41, 5.74) is 0.0598. The summed E-state index contributed by atoms with van der Waals surface area (Å²) in [6, 6.07) is 13.3. The number of fused-ring (bicyclic) bond motifs is 1. The molecule has 2 heterocycles. The Morgan fingerprint density at radius 2 is 1.74 bits per heavy atom. The van der Waals surface area contributed by atoms with Gasteiger partial charge in [-0.2, -0.15) is 18.3 Å². The maximum absolute atomic E-state index is 14.0. The smallest absolute Gasteiger partial charge is 0.435 e. The topological polar surface area (TPSA) is 91.0 Å². The molecule has 0 spiro atoms. The van der Waals surface area contributed by atoms with E-state index in [0.717, 1.165) is 15.9 Å². The van der Waals surface area contributed by atoms with E-state index in [9.17, 15) is 28.5 Å². The summed E-state index contributed by atoms with van der Waals surface area (Å²) in [4.78, 5) is 1.92. The van der Waals surface area contributed by atoms with Crippen LogP contribution in [0.4, 0.5) is 18.9 Å². The Balaban J connectivity index is 1.56. The highest BCUT2D eigenvalue weighted by Gasteiger charge is 2.56. The summed E-state index contributed by atoms with van der Waals surface area (Å²) in [7, 11) is 1.55. The van der Waals surface area contributed by atoms with Gasteiger partial charge in [-0.05, 0) is 42.8 Å². The normalized spacial score (nSPS) is 26.0. The average molecular weight is 564 g/mol. The molecule has 0 saturated heterocycles. The largest absolute Gasteiger partial charge is 0.493 e. The van der Waals surface area contributed by atoms with E-state index in [0.29, 0.717) is 10.7 Å². The van der Waals surface area contributed by atoms with Gasteiger partial charge in [0.2, 0.25) is 5.88 Å². The number of hydrogen-bond donors (Lipinski definition) is 3. The minimum absolute atomic E-state index is 0.210. The van der Waals surface area contributed by atoms with Crippen LogP contribution in [0.15, 0.2) is 60.3 Å². The molecule has 5 rings (SSSR count). The quantitative estimate of drug-likeness (QED) is 0.387. The van der Waals surface area contributed by atoms with E-state index in [1.807, 2.05) is 37.8 Å². The first kappa shape index (κ1) is 27.5. The maximum Gasteiger partial charge on any atom is 0.435 e. The number of aliphatic hydroxyl groups excluding tert-OH is 2. The Hall–Kier alpha value is -3.05. The molecule has 208 valence electrons. The highest BCUT2D eigenvalue weighted by atomic mass is 35.5. The lowest BCUT2D eigenvalue weighted by Crippen LogP contribution is -2.53. The van der Waals surface area contributed by atoms with Gasteiger partial charge in [-0.15, -0.1) is 0 Å². The lowest BCUT2D eigenvalue weighted by atomic mass is 9.64. The van der Waals surface area contributed by atoms with Gasteiger partial charge in [0.1, 0.15) is 6.23 Å². The van der Waals surface area contributed by atoms with Gasteiger partial charge in [0.05, 0.1) is 23.5 Å². The third kappa shape index (κ3) is 4.30. The van der Waals surface area contributed by atoms with E-state index in [4.69, 9.17) is 16.3 Å². The van der Waals surface area contributed by atoms with Crippen molar-refractivity contribution in [3.05, 3.63) is 82.1 Å². The van der Waals surface area contributed by atoms with Gasteiger partial charge in [0.25, 0.3) is 0 Å². The lowest BCUT2D eigenvalue weighted by molar-refractivity contribution is -0.145. The Kier molecular flexibility index (Phi) is 6.74. The monoisotopic (exact) mass is 563 g/mol. The number of para-hydroxylation sites is 1. The van der Waals surface area contributed by atoms with Crippen molar-refractivity contribution in [1.29, 1.82) is 0 Å². The molecular weight excluding hydrogens is 535 g/mol. The molecule has 0 bridgehead atoms. The van der Waals surface area contributed by atoms with Crippen molar-refractivity contribution in [3.8, 4) is 11.6 Å². The van der Waals surface area contributed by atoms with Crippen molar-refractivity contribution < 1.29 is 33.2 Å². The first-order valence-corrected chi connectivity index (χ1v) is 12.8. The summed E-state index contributed by atoms with van der Waals surface area (Å²) in [5, 5.41) is 37.4. The number of aromatic hydroxyl groups is 1. The number of anilines is 1. The zero-order valence-corrected chi connectivity index (χ0v) is 22.4. The average Bonchev–Trinajstić information content (AvgIpc) is 3.34. The van der Waals surface area contributed by atoms with E-state index < -0.39 is 59.0 Å². The number of nitrogens with zero attached hydrogens (tertiary/aromatic N) is 3. The fourth-order valence-corrected chi connectivity index (χ4v) is 5.89. The molecule has 11 heteroatoms. The first-order valence-electron chi connectivity index (χ1n) is 12.4. The maximum atomic E-state index is 14.0. The number of hydrogen-bond acceptors (Lipinski definition) is 6. The third-order valence-electron chi connectivity index (χ3n) is 7.87. The fraction of sp³-hybridized carbons (Fsp3) is 0.393. The number of alkyl halides is 3. The van der Waals surface area contributed by atoms with Crippen LogP contribution in [0.3, 0.4) is 0 Å². The zero-order valence-electron chi connectivity index (χ0n) is 21.7. The predicted octanol–water partition coefficient (Wildman–Crippen LogP) is 5.36. The number of halogens is 4. The third-order valence-corrected chi connectivity index (χ3v) is 8.11. The van der Waals surface area contributed by atoms with E-state index in [1.165, 1.54) is 12.1 Å². The van der Waals surface area contributed by atoms with Crippen molar-refractivity contribution in [2.24, 2.45) is 5.92 Å². The van der Waals surface area contributed by atoms with E-state index >= 15 is 0 Å². The molecule has 7 nitrogen and oxygen atoms in total. The van der Waals surface area contributed by atoms with Gasteiger partial charge in [-0.25, -0.2) is 4.68 Å². The number of ether oxygens (including phenoxy) is 1. The van der Waals surface area contributed by atoms with Gasteiger partial charge >= 0.3 is 6.18 Å². The van der Waals surface area contributed by atoms with Crippen LogP contribution in [0.25, 0.3) is 5.69 Å². The number of aliphatic hydroxyl groups is 2. The van der Waals surface area contributed by atoms with Crippen LogP contribution in [-0.2, 0) is 16.3 Å². The number of rotatable bonds is 5. The Morgan fingerprint density at radius 3 is 2.33 bits per heavy atom. The first-order chi connectivity index (χ1) is 18.3. The second-order valence-electron chi connectivity index (χ2n) is 10.5. The second kappa shape index (κ2) is 9.55. The van der Waals surface area contributed by atoms with Gasteiger partial charge in [-0.1, -0.05) is 49.7 Å². The number of allylic oxidation sites excluding steroid dienone is 1. The summed E-state index contributed by atoms with van der Waals surface area (Å²) >= 11 is 6.28. The summed E-state index contributed by atoms with van der Waals surface area (Å²) in [5.74, 6) is -3.10. The molecule has 3 aromatic rings. The molecule has 39 heavy (non-hydrogen) atoms. The molecule has 1 saturated carbocycles. The lowest BCUT2D eigenvalue weighted by Gasteiger charge is -2.46. The van der Waals surface area contributed by atoms with Gasteiger partial charge in [-0.3, -0.25) is 0 Å². The van der Waals surface area contributed by atoms with Crippen molar-refractivity contribution in [1.82, 2.24) is 9.78 Å². The molecule has 1 aliphatic carbocycles. The van der Waals surface area contributed by atoms with Crippen molar-refractivity contribution in [2.75, 3.05) is 12.0 Å². The second-order valence-corrected chi connectivity index (χ2v) is 10.9. The summed E-state index contributed by atoms with van der Waals surface area (Å²) in [6.45, 7) is 5.77. The molecule has 1 aliphatic heterocycles. The molecule has 3 atom stereocenters. The molecule has 3 N–H and O–H groups in total. The van der Waals surface area contributed by atoms with Gasteiger partial charge in [0, 0.05) is 40.8 Å². The van der Waals surface area contributed by atoms with Crippen molar-refractivity contribution in [3.63, 3.8) is 0 Å². The minimum atomic E-state index is -4.92. The molecular formula is C28H29ClF3N3O4. The van der Waals surface area contributed by atoms with Gasteiger partial charge in [0.15, 0.2) is 5.69 Å². The summed E-state index contributed by atoms with van der Waals surface area (Å²) < 4.78 is 48.4. The number of methoxy groups -OCH3 is 1. The van der Waals surface area contributed by atoms with E-state index in [2.05, 4.69) is 5.10 Å². The molecule has 0 radical (unpaired) electrons. The van der Waals surface area contributed by atoms with Crippen LogP contribution in [0.2, 0.25) is 5.02 Å². The molecule has 2 aromatic carbocycles. The van der Waals surface area contributed by atoms with E-state index in [-0.39, 0.29) is 5.69 Å². The minimum Gasteiger partial charge on any atom is -0.493 e. The Morgan fingerprint density at radius 1 is 1.10 bits per heavy atom. The Labute approximate surface area is 228 Å². The number of aromatic nitrogens is 2. The molecule has 1 aromatic heterocycles. The fourth-order valence-electron chi connectivity index (χ4n) is 5.72. The predicted molar refractivity (Wildman–Crippen MR) is 140 cm³/mol. The molecule has 1 fully saturated rings. The molecule has 3 unspecified atom stereocenters. The van der Waals surface area contributed by atoms with E-state index in [1.54, 1.807) is 37.5 Å². The van der Waals surface area contributed by atoms with Gasteiger partial charge < -0.3 is 25.0 Å². The Bertz CT molecular complexity index is 1410. The zero-order chi connectivity index (χ0) is 28.4. The molecule has 2 aliphatic rings. The van der Waals surface area contributed by atoms with Crippen molar-refractivity contribution in [2.45, 2.75) is 56.7 Å².